The van der Waals surface area contributed by atoms with E-state index >= 15 is 0 Å². The van der Waals surface area contributed by atoms with Crippen molar-refractivity contribution >= 4 is 18.3 Å². The molecule has 2 rings (SSSR count). The van der Waals surface area contributed by atoms with Gasteiger partial charge in [0, 0.05) is 24.7 Å². The summed E-state index contributed by atoms with van der Waals surface area (Å²) in [5.74, 6) is 0.0973. The molecule has 0 heterocycles. The van der Waals surface area contributed by atoms with Crippen molar-refractivity contribution < 1.29 is 4.79 Å². The quantitative estimate of drug-likeness (QED) is 0.797. The average Bonchev–Trinajstić information content (AvgIpc) is 2.63. The van der Waals surface area contributed by atoms with Gasteiger partial charge >= 0.3 is 0 Å². The molecule has 0 radical (unpaired) electrons. The Balaban J connectivity index is 0.00000312. The lowest BCUT2D eigenvalue weighted by atomic mass is 10.00. The lowest BCUT2D eigenvalue weighted by Gasteiger charge is -2.30. The van der Waals surface area contributed by atoms with E-state index in [4.69, 9.17) is 5.73 Å². The summed E-state index contributed by atoms with van der Waals surface area (Å²) in [4.78, 5) is 14.9. The Labute approximate surface area is 157 Å². The Hall–Kier alpha value is -1.84. The molecule has 2 N–H and O–H groups in total. The molecule has 3 nitrogen and oxygen atoms in total. The second kappa shape index (κ2) is 10.2. The molecule has 0 aliphatic rings. The number of benzene rings is 2. The number of likely N-dealkylation sites (N-methyl/N-ethyl adjacent to an activating group) is 1. The standard InChI is InChI=1S/C21H28N2O.ClH/c1-4-20(14-17-8-6-16(3)7-9-17)23(5-2)21(24)19-12-10-18(15-22)11-13-19;/h6-13,20H,4-5,14-15,22H2,1-3H3;1H. The first-order valence-corrected chi connectivity index (χ1v) is 8.74. The zero-order valence-corrected chi connectivity index (χ0v) is 16.2. The van der Waals surface area contributed by atoms with Crippen LogP contribution in [0.4, 0.5) is 0 Å². The molecular weight excluding hydrogens is 332 g/mol. The fraction of sp³-hybridized carbons (Fsp3) is 0.381. The maximum atomic E-state index is 12.9. The highest BCUT2D eigenvalue weighted by molar-refractivity contribution is 5.94. The normalized spacial score (nSPS) is 11.5. The van der Waals surface area contributed by atoms with Gasteiger partial charge in [-0.2, -0.15) is 0 Å². The molecule has 2 aromatic carbocycles. The lowest BCUT2D eigenvalue weighted by Crippen LogP contribution is -2.41. The van der Waals surface area contributed by atoms with Gasteiger partial charge in [0.25, 0.3) is 5.91 Å². The van der Waals surface area contributed by atoms with Crippen LogP contribution >= 0.6 is 12.4 Å². The second-order valence-corrected chi connectivity index (χ2v) is 6.24. The highest BCUT2D eigenvalue weighted by atomic mass is 35.5. The monoisotopic (exact) mass is 360 g/mol. The number of halogens is 1. The summed E-state index contributed by atoms with van der Waals surface area (Å²) in [5.41, 5.74) is 9.94. The predicted molar refractivity (Wildman–Crippen MR) is 107 cm³/mol. The van der Waals surface area contributed by atoms with Crippen molar-refractivity contribution in [3.63, 3.8) is 0 Å². The molecule has 1 unspecified atom stereocenters. The van der Waals surface area contributed by atoms with E-state index < -0.39 is 0 Å². The smallest absolute Gasteiger partial charge is 0.254 e. The molecule has 4 heteroatoms. The number of amides is 1. The zero-order valence-electron chi connectivity index (χ0n) is 15.4. The Kier molecular flexibility index (Phi) is 8.67. The number of rotatable bonds is 7. The van der Waals surface area contributed by atoms with Gasteiger partial charge in [0.1, 0.15) is 0 Å². The fourth-order valence-corrected chi connectivity index (χ4v) is 2.99. The van der Waals surface area contributed by atoms with E-state index in [0.717, 1.165) is 24.0 Å². The molecule has 1 atom stereocenters. The van der Waals surface area contributed by atoms with Crippen LogP contribution in [-0.4, -0.2) is 23.4 Å². The maximum absolute atomic E-state index is 12.9. The number of hydrogen-bond donors (Lipinski definition) is 1. The minimum atomic E-state index is 0. The minimum absolute atomic E-state index is 0. The summed E-state index contributed by atoms with van der Waals surface area (Å²) in [5, 5.41) is 0. The Morgan fingerprint density at radius 2 is 1.56 bits per heavy atom. The van der Waals surface area contributed by atoms with Crippen LogP contribution in [0.2, 0.25) is 0 Å². The largest absolute Gasteiger partial charge is 0.336 e. The van der Waals surface area contributed by atoms with Crippen molar-refractivity contribution in [2.45, 2.75) is 46.2 Å². The Morgan fingerprint density at radius 1 is 1.00 bits per heavy atom. The van der Waals surface area contributed by atoms with Crippen LogP contribution in [0.5, 0.6) is 0 Å². The summed E-state index contributed by atoms with van der Waals surface area (Å²) in [6, 6.07) is 16.4. The Bertz CT molecular complexity index is 653. The van der Waals surface area contributed by atoms with Crippen molar-refractivity contribution in [2.24, 2.45) is 5.73 Å². The van der Waals surface area contributed by atoms with E-state index in [1.54, 1.807) is 0 Å². The predicted octanol–water partition coefficient (Wildman–Crippen LogP) is 4.36. The van der Waals surface area contributed by atoms with E-state index in [9.17, 15) is 4.79 Å². The highest BCUT2D eigenvalue weighted by Crippen LogP contribution is 2.17. The van der Waals surface area contributed by atoms with Crippen molar-refractivity contribution in [3.8, 4) is 0 Å². The van der Waals surface area contributed by atoms with Gasteiger partial charge in [-0.15, -0.1) is 12.4 Å². The van der Waals surface area contributed by atoms with Gasteiger partial charge in [0.15, 0.2) is 0 Å². The third-order valence-corrected chi connectivity index (χ3v) is 4.54. The number of carbonyl (C=O) groups is 1. The number of nitrogens with two attached hydrogens (primary N) is 1. The zero-order chi connectivity index (χ0) is 17.5. The summed E-state index contributed by atoms with van der Waals surface area (Å²) < 4.78 is 0. The van der Waals surface area contributed by atoms with Crippen molar-refractivity contribution in [2.75, 3.05) is 6.54 Å². The van der Waals surface area contributed by atoms with Crippen LogP contribution in [0.3, 0.4) is 0 Å². The molecule has 25 heavy (non-hydrogen) atoms. The summed E-state index contributed by atoms with van der Waals surface area (Å²) in [7, 11) is 0. The van der Waals surface area contributed by atoms with Crippen LogP contribution in [-0.2, 0) is 13.0 Å². The molecule has 136 valence electrons. The van der Waals surface area contributed by atoms with Gasteiger partial charge in [-0.3, -0.25) is 4.79 Å². The van der Waals surface area contributed by atoms with E-state index in [0.29, 0.717) is 13.1 Å². The van der Waals surface area contributed by atoms with Crippen LogP contribution in [0.1, 0.15) is 47.3 Å². The van der Waals surface area contributed by atoms with Crippen molar-refractivity contribution in [1.29, 1.82) is 0 Å². The summed E-state index contributed by atoms with van der Waals surface area (Å²) in [6.07, 6.45) is 1.82. The van der Waals surface area contributed by atoms with Gasteiger partial charge in [0.2, 0.25) is 0 Å². The molecule has 0 saturated carbocycles. The van der Waals surface area contributed by atoms with Gasteiger partial charge in [-0.25, -0.2) is 0 Å². The molecule has 0 aliphatic heterocycles. The topological polar surface area (TPSA) is 46.3 Å². The molecule has 2 aromatic rings. The van der Waals surface area contributed by atoms with Gasteiger partial charge in [-0.05, 0) is 49.9 Å². The minimum Gasteiger partial charge on any atom is -0.336 e. The van der Waals surface area contributed by atoms with Gasteiger partial charge in [0.05, 0.1) is 0 Å². The van der Waals surface area contributed by atoms with Crippen LogP contribution < -0.4 is 5.73 Å². The number of hydrogen-bond acceptors (Lipinski definition) is 2. The van der Waals surface area contributed by atoms with Crippen LogP contribution in [0, 0.1) is 6.92 Å². The SMILES string of the molecule is CCC(Cc1ccc(C)cc1)N(CC)C(=O)c1ccc(CN)cc1.Cl. The van der Waals surface area contributed by atoms with Gasteiger partial charge in [-0.1, -0.05) is 48.9 Å². The molecule has 0 fully saturated rings. The van der Waals surface area contributed by atoms with Crippen LogP contribution in [0.25, 0.3) is 0 Å². The van der Waals surface area contributed by atoms with Crippen LogP contribution in [0.15, 0.2) is 48.5 Å². The molecule has 1 amide bonds. The molecule has 0 aromatic heterocycles. The van der Waals surface area contributed by atoms with E-state index in [1.165, 1.54) is 11.1 Å². The summed E-state index contributed by atoms with van der Waals surface area (Å²) in [6.45, 7) is 7.49. The molecule has 0 aliphatic carbocycles. The lowest BCUT2D eigenvalue weighted by molar-refractivity contribution is 0.0684. The molecular formula is C21H29ClN2O. The van der Waals surface area contributed by atoms with Gasteiger partial charge < -0.3 is 10.6 Å². The third kappa shape index (κ3) is 5.58. The van der Waals surface area contributed by atoms with Crippen molar-refractivity contribution in [1.82, 2.24) is 4.90 Å². The first kappa shape index (κ1) is 21.2. The number of aryl methyl sites for hydroxylation is 1. The van der Waals surface area contributed by atoms with E-state index in [2.05, 4.69) is 38.1 Å². The number of nitrogens with zero attached hydrogens (tertiary/aromatic N) is 1. The molecule has 0 spiro atoms. The molecule has 0 bridgehead atoms. The van der Waals surface area contributed by atoms with Crippen molar-refractivity contribution in [3.05, 3.63) is 70.8 Å². The first-order valence-electron chi connectivity index (χ1n) is 8.74. The fourth-order valence-electron chi connectivity index (χ4n) is 2.99. The highest BCUT2D eigenvalue weighted by Gasteiger charge is 2.22. The van der Waals surface area contributed by atoms with E-state index in [-0.39, 0.29) is 24.4 Å². The Morgan fingerprint density at radius 3 is 2.04 bits per heavy atom. The average molecular weight is 361 g/mol. The van der Waals surface area contributed by atoms with E-state index in [1.807, 2.05) is 36.1 Å². The second-order valence-electron chi connectivity index (χ2n) is 6.24. The molecule has 0 saturated heterocycles. The maximum Gasteiger partial charge on any atom is 0.254 e. The first-order chi connectivity index (χ1) is 11.6. The summed E-state index contributed by atoms with van der Waals surface area (Å²) >= 11 is 0. The third-order valence-electron chi connectivity index (χ3n) is 4.54. The number of carbonyl (C=O) groups excluding carboxylic acids is 1.